The van der Waals surface area contributed by atoms with Gasteiger partial charge in [-0.2, -0.15) is 0 Å². The molecular weight excluding hydrogens is 472 g/mol. The molecule has 0 radical (unpaired) electrons. The zero-order valence-electron chi connectivity index (χ0n) is 22.7. The zero-order valence-corrected chi connectivity index (χ0v) is 22.7. The molecule has 0 aromatic heterocycles. The average molecular weight is 513 g/mol. The number of ether oxygens (including phenoxy) is 2. The summed E-state index contributed by atoms with van der Waals surface area (Å²) in [5.41, 5.74) is 3.31. The molecule has 5 heteroatoms. The van der Waals surface area contributed by atoms with Crippen LogP contribution in [0.5, 0.6) is 11.5 Å². The van der Waals surface area contributed by atoms with Crippen LogP contribution >= 0.6 is 0 Å². The molecule has 1 aliphatic carbocycles. The molecule has 0 bridgehead atoms. The van der Waals surface area contributed by atoms with Crippen molar-refractivity contribution in [1.29, 1.82) is 0 Å². The number of rotatable bonds is 10. The van der Waals surface area contributed by atoms with Crippen LogP contribution in [0, 0.1) is 5.41 Å². The van der Waals surface area contributed by atoms with Crippen molar-refractivity contribution in [3.8, 4) is 11.5 Å². The van der Waals surface area contributed by atoms with Crippen molar-refractivity contribution < 1.29 is 14.3 Å². The standard InChI is InChI=1S/C33H40N2O3/c1-33(19-20-34-32(36)26-13-7-4-8-14-26)24-35(22-25-11-5-3-6-12-25)23-29(33)27-17-18-30(37-2)31(21-27)38-28-15-9-10-16-28/h3-8,11-14,17-18,21,28-29H,9-10,15-16,19-20,22-24H2,1-2H3,(H,34,36)/t29-,33-/m1/s1. The molecule has 1 amide bonds. The monoisotopic (exact) mass is 512 g/mol. The highest BCUT2D eigenvalue weighted by Gasteiger charge is 2.43. The highest BCUT2D eigenvalue weighted by atomic mass is 16.5. The first-order valence-electron chi connectivity index (χ1n) is 14.0. The molecule has 1 heterocycles. The van der Waals surface area contributed by atoms with E-state index in [9.17, 15) is 4.79 Å². The third kappa shape index (κ3) is 6.21. The fraction of sp³-hybridized carbons (Fsp3) is 0.424. The number of amides is 1. The van der Waals surface area contributed by atoms with Gasteiger partial charge in [0.2, 0.25) is 0 Å². The minimum atomic E-state index is -0.0124. The van der Waals surface area contributed by atoms with Gasteiger partial charge < -0.3 is 14.8 Å². The summed E-state index contributed by atoms with van der Waals surface area (Å²) in [6.07, 6.45) is 5.86. The van der Waals surface area contributed by atoms with Crippen molar-refractivity contribution in [1.82, 2.24) is 10.2 Å². The number of nitrogens with zero attached hydrogens (tertiary/aromatic N) is 1. The lowest BCUT2D eigenvalue weighted by Crippen LogP contribution is -2.33. The summed E-state index contributed by atoms with van der Waals surface area (Å²) < 4.78 is 12.1. The van der Waals surface area contributed by atoms with Gasteiger partial charge >= 0.3 is 0 Å². The molecule has 1 saturated carbocycles. The van der Waals surface area contributed by atoms with Crippen LogP contribution in [0.4, 0.5) is 0 Å². The van der Waals surface area contributed by atoms with Crippen molar-refractivity contribution >= 4 is 5.91 Å². The first-order valence-corrected chi connectivity index (χ1v) is 14.0. The average Bonchev–Trinajstić information content (AvgIpc) is 3.57. The number of carbonyl (C=O) groups excluding carboxylic acids is 1. The van der Waals surface area contributed by atoms with Crippen LogP contribution in [0.3, 0.4) is 0 Å². The van der Waals surface area contributed by atoms with E-state index in [1.54, 1.807) is 7.11 Å². The molecule has 38 heavy (non-hydrogen) atoms. The second kappa shape index (κ2) is 12.0. The lowest BCUT2D eigenvalue weighted by molar-refractivity contribution is 0.0946. The highest BCUT2D eigenvalue weighted by molar-refractivity contribution is 5.94. The largest absolute Gasteiger partial charge is 0.493 e. The molecule has 1 aliphatic heterocycles. The maximum absolute atomic E-state index is 12.7. The minimum absolute atomic E-state index is 0.00202. The fourth-order valence-electron chi connectivity index (χ4n) is 6.23. The van der Waals surface area contributed by atoms with Crippen LogP contribution in [-0.2, 0) is 6.54 Å². The van der Waals surface area contributed by atoms with Crippen molar-refractivity contribution in [2.24, 2.45) is 5.41 Å². The Balaban J connectivity index is 1.35. The number of nitrogens with one attached hydrogen (secondary N) is 1. The smallest absolute Gasteiger partial charge is 0.251 e. The highest BCUT2D eigenvalue weighted by Crippen LogP contribution is 2.47. The Kier molecular flexibility index (Phi) is 8.33. The SMILES string of the molecule is COc1ccc([C@H]2CN(Cc3ccccc3)C[C@@]2(C)CCNC(=O)c2ccccc2)cc1OC1CCCC1. The summed E-state index contributed by atoms with van der Waals surface area (Å²) >= 11 is 0. The predicted molar refractivity (Wildman–Crippen MR) is 152 cm³/mol. The Labute approximate surface area is 227 Å². The van der Waals surface area contributed by atoms with Crippen molar-refractivity contribution in [3.63, 3.8) is 0 Å². The maximum atomic E-state index is 12.7. The summed E-state index contributed by atoms with van der Waals surface area (Å²) in [4.78, 5) is 15.3. The molecule has 1 saturated heterocycles. The van der Waals surface area contributed by atoms with Gasteiger partial charge in [-0.05, 0) is 72.9 Å². The van der Waals surface area contributed by atoms with E-state index in [0.717, 1.165) is 50.4 Å². The quantitative estimate of drug-likeness (QED) is 0.340. The van der Waals surface area contributed by atoms with Gasteiger partial charge in [0.05, 0.1) is 13.2 Å². The van der Waals surface area contributed by atoms with Crippen LogP contribution in [0.1, 0.15) is 66.4 Å². The van der Waals surface area contributed by atoms with Gasteiger partial charge in [0.1, 0.15) is 0 Å². The van der Waals surface area contributed by atoms with Crippen molar-refractivity contribution in [2.75, 3.05) is 26.7 Å². The number of likely N-dealkylation sites (tertiary alicyclic amines) is 1. The predicted octanol–water partition coefficient (Wildman–Crippen LogP) is 6.44. The molecule has 2 aliphatic rings. The fourth-order valence-corrected chi connectivity index (χ4v) is 6.23. The molecular formula is C33H40N2O3. The van der Waals surface area contributed by atoms with Gasteiger partial charge in [0.15, 0.2) is 11.5 Å². The molecule has 5 nitrogen and oxygen atoms in total. The van der Waals surface area contributed by atoms with Crippen LogP contribution in [-0.4, -0.2) is 43.7 Å². The number of carbonyl (C=O) groups is 1. The topological polar surface area (TPSA) is 50.8 Å². The van der Waals surface area contributed by atoms with Gasteiger partial charge in [-0.15, -0.1) is 0 Å². The van der Waals surface area contributed by atoms with E-state index in [1.807, 2.05) is 30.3 Å². The second-order valence-electron chi connectivity index (χ2n) is 11.2. The van der Waals surface area contributed by atoms with E-state index in [4.69, 9.17) is 9.47 Å². The lowest BCUT2D eigenvalue weighted by Gasteiger charge is -2.32. The molecule has 1 N–H and O–H groups in total. The zero-order chi connectivity index (χ0) is 26.4. The second-order valence-corrected chi connectivity index (χ2v) is 11.2. The van der Waals surface area contributed by atoms with Gasteiger partial charge in [0.25, 0.3) is 5.91 Å². The number of benzene rings is 3. The van der Waals surface area contributed by atoms with Crippen LogP contribution < -0.4 is 14.8 Å². The third-order valence-corrected chi connectivity index (χ3v) is 8.32. The Morgan fingerprint density at radius 2 is 1.68 bits per heavy atom. The van der Waals surface area contributed by atoms with E-state index in [1.165, 1.54) is 24.0 Å². The van der Waals surface area contributed by atoms with Crippen LogP contribution in [0.25, 0.3) is 0 Å². The molecule has 0 unspecified atom stereocenters. The summed E-state index contributed by atoms with van der Waals surface area (Å²) in [5, 5.41) is 3.16. The van der Waals surface area contributed by atoms with E-state index in [-0.39, 0.29) is 17.4 Å². The van der Waals surface area contributed by atoms with Crippen molar-refractivity contribution in [2.45, 2.75) is 57.6 Å². The van der Waals surface area contributed by atoms with Gasteiger partial charge in [-0.1, -0.05) is 61.5 Å². The Hall–Kier alpha value is -3.31. The third-order valence-electron chi connectivity index (χ3n) is 8.32. The molecule has 200 valence electrons. The summed E-state index contributed by atoms with van der Waals surface area (Å²) in [7, 11) is 1.72. The summed E-state index contributed by atoms with van der Waals surface area (Å²) in [5.74, 6) is 1.97. The van der Waals surface area contributed by atoms with E-state index in [0.29, 0.717) is 18.0 Å². The number of methoxy groups -OCH3 is 1. The molecule has 3 aromatic carbocycles. The Bertz CT molecular complexity index is 1190. The van der Waals surface area contributed by atoms with E-state index in [2.05, 4.69) is 65.7 Å². The summed E-state index contributed by atoms with van der Waals surface area (Å²) in [6, 6.07) is 26.6. The maximum Gasteiger partial charge on any atom is 0.251 e. The van der Waals surface area contributed by atoms with Crippen molar-refractivity contribution in [3.05, 3.63) is 95.6 Å². The Morgan fingerprint density at radius 3 is 2.39 bits per heavy atom. The number of hydrogen-bond donors (Lipinski definition) is 1. The Morgan fingerprint density at radius 1 is 0.974 bits per heavy atom. The first-order chi connectivity index (χ1) is 18.5. The van der Waals surface area contributed by atoms with Crippen LogP contribution in [0.2, 0.25) is 0 Å². The van der Waals surface area contributed by atoms with Gasteiger partial charge in [0, 0.05) is 37.7 Å². The number of hydrogen-bond acceptors (Lipinski definition) is 4. The van der Waals surface area contributed by atoms with E-state index < -0.39 is 0 Å². The normalized spacial score (nSPS) is 21.9. The molecule has 5 rings (SSSR count). The molecule has 2 atom stereocenters. The molecule has 3 aromatic rings. The lowest BCUT2D eigenvalue weighted by atomic mass is 9.73. The van der Waals surface area contributed by atoms with Gasteiger partial charge in [-0.25, -0.2) is 0 Å². The first kappa shape index (κ1) is 26.3. The molecule has 0 spiro atoms. The van der Waals surface area contributed by atoms with E-state index >= 15 is 0 Å². The van der Waals surface area contributed by atoms with Crippen LogP contribution in [0.15, 0.2) is 78.9 Å². The molecule has 2 fully saturated rings. The minimum Gasteiger partial charge on any atom is -0.493 e. The van der Waals surface area contributed by atoms with Gasteiger partial charge in [-0.3, -0.25) is 9.69 Å². The summed E-state index contributed by atoms with van der Waals surface area (Å²) in [6.45, 7) is 5.87.